The van der Waals surface area contributed by atoms with E-state index < -0.39 is 8.07 Å². The molecule has 2 rings (SSSR count). The summed E-state index contributed by atoms with van der Waals surface area (Å²) in [5.41, 5.74) is 2.59. The van der Waals surface area contributed by atoms with Crippen LogP contribution in [-0.4, -0.2) is 13.1 Å². The zero-order valence-electron chi connectivity index (χ0n) is 13.2. The van der Waals surface area contributed by atoms with E-state index in [1.165, 1.54) is 16.1 Å². The number of nitrogens with zero attached hydrogens (tertiary/aromatic N) is 1. The molecule has 0 saturated heterocycles. The Kier molecular flexibility index (Phi) is 4.44. The summed E-state index contributed by atoms with van der Waals surface area (Å²) in [7, 11) is -1.84. The van der Waals surface area contributed by atoms with Crippen molar-refractivity contribution in [3.8, 4) is 0 Å². The number of aromatic nitrogens is 1. The summed E-state index contributed by atoms with van der Waals surface area (Å²) in [6.45, 7) is 11.6. The van der Waals surface area contributed by atoms with Crippen molar-refractivity contribution < 1.29 is 0 Å². The molecule has 0 unspecified atom stereocenters. The maximum Gasteiger partial charge on any atom is 0.146 e. The molecule has 1 aromatic heterocycles. The van der Waals surface area contributed by atoms with Gasteiger partial charge in [0, 0.05) is 11.5 Å². The third-order valence-electron chi connectivity index (χ3n) is 4.41. The minimum atomic E-state index is -1.84. The van der Waals surface area contributed by atoms with Crippen LogP contribution in [0.3, 0.4) is 0 Å². The molecular formula is C18H25NSi. The quantitative estimate of drug-likeness (QED) is 0.778. The highest BCUT2D eigenvalue weighted by molar-refractivity contribution is 7.03. The number of aryl methyl sites for hydroxylation is 1. The van der Waals surface area contributed by atoms with Crippen molar-refractivity contribution in [1.29, 1.82) is 0 Å². The molecule has 1 nitrogen and oxygen atoms in total. The Bertz CT molecular complexity index is 553. The highest BCUT2D eigenvalue weighted by Gasteiger charge is 2.44. The summed E-state index contributed by atoms with van der Waals surface area (Å²) in [4.78, 5) is 4.76. The van der Waals surface area contributed by atoms with Crippen molar-refractivity contribution in [3.63, 3.8) is 0 Å². The molecule has 0 spiro atoms. The van der Waals surface area contributed by atoms with Gasteiger partial charge in [0.1, 0.15) is 8.07 Å². The third kappa shape index (κ3) is 2.45. The Morgan fingerprint density at radius 3 is 2.10 bits per heavy atom. The average Bonchev–Trinajstić information content (AvgIpc) is 2.40. The molecule has 0 aliphatic carbocycles. The van der Waals surface area contributed by atoms with E-state index in [9.17, 15) is 0 Å². The second-order valence-corrected chi connectivity index (χ2v) is 11.4. The first-order valence-electron chi connectivity index (χ1n) is 7.48. The van der Waals surface area contributed by atoms with Gasteiger partial charge >= 0.3 is 0 Å². The lowest BCUT2D eigenvalue weighted by molar-refractivity contribution is 0.923. The molecule has 0 bridgehead atoms. The Hall–Kier alpha value is -1.41. The fourth-order valence-corrected chi connectivity index (χ4v) is 9.23. The number of pyridine rings is 1. The number of hydrogen-bond donors (Lipinski definition) is 0. The van der Waals surface area contributed by atoms with E-state index in [1.807, 2.05) is 12.3 Å². The predicted molar refractivity (Wildman–Crippen MR) is 90.6 cm³/mol. The van der Waals surface area contributed by atoms with Crippen molar-refractivity contribution in [2.24, 2.45) is 0 Å². The van der Waals surface area contributed by atoms with Gasteiger partial charge in [0.2, 0.25) is 0 Å². The van der Waals surface area contributed by atoms with Crippen LogP contribution in [0.25, 0.3) is 0 Å². The Labute approximate surface area is 124 Å². The van der Waals surface area contributed by atoms with Crippen molar-refractivity contribution in [2.75, 3.05) is 0 Å². The average molecular weight is 283 g/mol. The molecule has 0 fully saturated rings. The minimum absolute atomic E-state index is 0.624. The summed E-state index contributed by atoms with van der Waals surface area (Å²) in [6.07, 6.45) is 1.94. The molecule has 0 saturated carbocycles. The topological polar surface area (TPSA) is 12.9 Å². The summed E-state index contributed by atoms with van der Waals surface area (Å²) >= 11 is 0. The lowest BCUT2D eigenvalue weighted by Crippen LogP contribution is -2.63. The molecule has 0 N–H and O–H groups in total. The van der Waals surface area contributed by atoms with Crippen LogP contribution in [0.4, 0.5) is 0 Å². The van der Waals surface area contributed by atoms with Crippen LogP contribution in [0.5, 0.6) is 0 Å². The van der Waals surface area contributed by atoms with Gasteiger partial charge in [-0.25, -0.2) is 0 Å². The summed E-state index contributed by atoms with van der Waals surface area (Å²) in [5.74, 6) is 0. The van der Waals surface area contributed by atoms with Crippen LogP contribution in [0.1, 0.15) is 33.3 Å². The van der Waals surface area contributed by atoms with Gasteiger partial charge in [-0.05, 0) is 30.1 Å². The van der Waals surface area contributed by atoms with Crippen molar-refractivity contribution in [1.82, 2.24) is 4.98 Å². The highest BCUT2D eigenvalue weighted by atomic mass is 28.3. The molecule has 1 heterocycles. The van der Waals surface area contributed by atoms with Gasteiger partial charge < -0.3 is 0 Å². The largest absolute Gasteiger partial charge is 0.266 e. The molecule has 2 aromatic rings. The molecule has 0 atom stereocenters. The zero-order chi connectivity index (χ0) is 14.8. The lowest BCUT2D eigenvalue weighted by atomic mass is 10.2. The number of hydrogen-bond acceptors (Lipinski definition) is 1. The van der Waals surface area contributed by atoms with Crippen LogP contribution in [-0.2, 0) is 0 Å². The first-order chi connectivity index (χ1) is 9.49. The van der Waals surface area contributed by atoms with Gasteiger partial charge in [-0.15, -0.1) is 0 Å². The molecule has 0 radical (unpaired) electrons. The van der Waals surface area contributed by atoms with Crippen LogP contribution in [0.15, 0.2) is 48.7 Å². The van der Waals surface area contributed by atoms with E-state index in [4.69, 9.17) is 4.98 Å². The van der Waals surface area contributed by atoms with Crippen molar-refractivity contribution in [3.05, 3.63) is 54.2 Å². The second-order valence-electron chi connectivity index (χ2n) is 6.26. The summed E-state index contributed by atoms with van der Waals surface area (Å²) in [5, 5.41) is 2.83. The van der Waals surface area contributed by atoms with Gasteiger partial charge in [-0.3, -0.25) is 4.98 Å². The highest BCUT2D eigenvalue weighted by Crippen LogP contribution is 2.31. The smallest absolute Gasteiger partial charge is 0.146 e. The van der Waals surface area contributed by atoms with Crippen LogP contribution >= 0.6 is 0 Å². The number of benzene rings is 1. The molecule has 2 heteroatoms. The summed E-state index contributed by atoms with van der Waals surface area (Å²) in [6, 6.07) is 15.4. The third-order valence-corrected chi connectivity index (χ3v) is 10.5. The van der Waals surface area contributed by atoms with E-state index in [0.29, 0.717) is 11.1 Å². The second kappa shape index (κ2) is 5.92. The first kappa shape index (κ1) is 15.0. The molecule has 1 aromatic carbocycles. The normalized spacial score (nSPS) is 12.2. The Balaban J connectivity index is 2.72. The molecule has 106 valence electrons. The lowest BCUT2D eigenvalue weighted by Gasteiger charge is -2.39. The van der Waals surface area contributed by atoms with E-state index in [0.717, 1.165) is 0 Å². The fraction of sp³-hybridized carbons (Fsp3) is 0.389. The Morgan fingerprint density at radius 1 is 0.900 bits per heavy atom. The first-order valence-corrected chi connectivity index (χ1v) is 9.63. The van der Waals surface area contributed by atoms with Crippen LogP contribution in [0, 0.1) is 6.92 Å². The fourth-order valence-electron chi connectivity index (χ4n) is 3.58. The zero-order valence-corrected chi connectivity index (χ0v) is 14.2. The van der Waals surface area contributed by atoms with E-state index in [2.05, 4.69) is 71.0 Å². The summed E-state index contributed by atoms with van der Waals surface area (Å²) < 4.78 is 0. The SMILES string of the molecule is Cc1cccc([Si](c2ccccn2)(C(C)C)C(C)C)c1. The van der Waals surface area contributed by atoms with Gasteiger partial charge in [-0.1, -0.05) is 68.8 Å². The molecule has 20 heavy (non-hydrogen) atoms. The maximum absolute atomic E-state index is 4.76. The van der Waals surface area contributed by atoms with Crippen molar-refractivity contribution in [2.45, 2.75) is 45.7 Å². The van der Waals surface area contributed by atoms with Gasteiger partial charge in [0.25, 0.3) is 0 Å². The standard InChI is InChI=1S/C18H25NSi/c1-14(2)20(15(3)4,18-11-6-7-12-19-18)17-10-8-9-16(5)13-17/h6-15H,1-5H3. The molecule has 0 aliphatic heterocycles. The van der Waals surface area contributed by atoms with Gasteiger partial charge in [0.15, 0.2) is 0 Å². The predicted octanol–water partition coefficient (Wildman–Crippen LogP) is 3.77. The van der Waals surface area contributed by atoms with E-state index >= 15 is 0 Å². The minimum Gasteiger partial charge on any atom is -0.266 e. The maximum atomic E-state index is 4.76. The van der Waals surface area contributed by atoms with Crippen molar-refractivity contribution >= 4 is 18.6 Å². The van der Waals surface area contributed by atoms with Gasteiger partial charge in [-0.2, -0.15) is 0 Å². The van der Waals surface area contributed by atoms with Crippen LogP contribution < -0.4 is 10.5 Å². The Morgan fingerprint density at radius 2 is 1.60 bits per heavy atom. The van der Waals surface area contributed by atoms with E-state index in [-0.39, 0.29) is 0 Å². The molecule has 0 aliphatic rings. The number of rotatable bonds is 4. The molecule has 0 amide bonds. The van der Waals surface area contributed by atoms with Crippen LogP contribution in [0.2, 0.25) is 11.1 Å². The van der Waals surface area contributed by atoms with Gasteiger partial charge in [0.05, 0.1) is 0 Å². The van der Waals surface area contributed by atoms with E-state index in [1.54, 1.807) is 0 Å². The monoisotopic (exact) mass is 283 g/mol. The molecular weight excluding hydrogens is 258 g/mol.